The van der Waals surface area contributed by atoms with Crippen molar-refractivity contribution in [3.63, 3.8) is 0 Å². The molecule has 0 saturated carbocycles. The number of nitrogens with zero attached hydrogens (tertiary/aromatic N) is 2. The van der Waals surface area contributed by atoms with E-state index in [1.807, 2.05) is 19.9 Å². The predicted molar refractivity (Wildman–Crippen MR) is 146 cm³/mol. The van der Waals surface area contributed by atoms with E-state index in [-0.39, 0.29) is 17.3 Å². The molecule has 0 bridgehead atoms. The van der Waals surface area contributed by atoms with Crippen molar-refractivity contribution in [2.75, 3.05) is 17.4 Å². The molecule has 3 aromatic rings. The van der Waals surface area contributed by atoms with E-state index in [9.17, 15) is 22.4 Å². The molecule has 1 N–H and O–H groups in total. The minimum atomic E-state index is -4.11. The zero-order chi connectivity index (χ0) is 27.7. The van der Waals surface area contributed by atoms with E-state index >= 15 is 0 Å². The molecule has 0 radical (unpaired) electrons. The number of rotatable bonds is 12. The largest absolute Gasteiger partial charge is 0.354 e. The zero-order valence-electron chi connectivity index (χ0n) is 21.9. The minimum Gasteiger partial charge on any atom is -0.354 e. The second-order valence-corrected chi connectivity index (χ2v) is 11.0. The summed E-state index contributed by atoms with van der Waals surface area (Å²) in [6.07, 6.45) is 1.69. The normalized spacial score (nSPS) is 12.0. The van der Waals surface area contributed by atoms with Crippen LogP contribution in [0.25, 0.3) is 0 Å². The number of benzene rings is 3. The molecule has 202 valence electrons. The van der Waals surface area contributed by atoms with E-state index in [1.54, 1.807) is 43.3 Å². The average molecular weight is 540 g/mol. The second-order valence-electron chi connectivity index (χ2n) is 9.13. The van der Waals surface area contributed by atoms with Crippen molar-refractivity contribution in [3.8, 4) is 0 Å². The summed E-state index contributed by atoms with van der Waals surface area (Å²) in [5, 5.41) is 2.84. The second kappa shape index (κ2) is 13.2. The van der Waals surface area contributed by atoms with Crippen LogP contribution < -0.4 is 9.62 Å². The Labute approximate surface area is 224 Å². The van der Waals surface area contributed by atoms with Gasteiger partial charge in [-0.3, -0.25) is 13.9 Å². The molecule has 38 heavy (non-hydrogen) atoms. The SMILES string of the molecule is CCCCNC(=O)C(C)N(Cc1ccc(F)cc1)C(=O)CN(c1cccc(C)c1)S(=O)(=O)c1ccccc1. The van der Waals surface area contributed by atoms with Gasteiger partial charge in [0.1, 0.15) is 18.4 Å². The van der Waals surface area contributed by atoms with E-state index in [0.717, 1.165) is 22.7 Å². The predicted octanol–water partition coefficient (Wildman–Crippen LogP) is 4.66. The standard InChI is InChI=1S/C29H34FN3O4S/c1-4-5-18-31-29(35)23(3)32(20-24-14-16-25(30)17-15-24)28(34)21-33(26-11-9-10-22(2)19-26)38(36,37)27-12-7-6-8-13-27/h6-17,19,23H,4-5,18,20-21H2,1-3H3,(H,31,35). The van der Waals surface area contributed by atoms with Gasteiger partial charge in [0, 0.05) is 13.1 Å². The molecule has 0 spiro atoms. The minimum absolute atomic E-state index is 0.00845. The summed E-state index contributed by atoms with van der Waals surface area (Å²) in [7, 11) is -4.11. The first-order chi connectivity index (χ1) is 18.1. The fourth-order valence-corrected chi connectivity index (χ4v) is 5.36. The van der Waals surface area contributed by atoms with E-state index in [4.69, 9.17) is 0 Å². The summed E-state index contributed by atoms with van der Waals surface area (Å²) < 4.78 is 42.0. The lowest BCUT2D eigenvalue weighted by atomic mass is 10.1. The third-order valence-electron chi connectivity index (χ3n) is 6.16. The lowest BCUT2D eigenvalue weighted by Gasteiger charge is -2.32. The lowest BCUT2D eigenvalue weighted by molar-refractivity contribution is -0.139. The molecule has 7 nitrogen and oxygen atoms in total. The molecular formula is C29H34FN3O4S. The van der Waals surface area contributed by atoms with Crippen molar-refractivity contribution in [3.05, 3.63) is 95.8 Å². The summed E-state index contributed by atoms with van der Waals surface area (Å²) in [5.74, 6) is -1.33. The van der Waals surface area contributed by atoms with Gasteiger partial charge in [-0.15, -0.1) is 0 Å². The third-order valence-corrected chi connectivity index (χ3v) is 7.95. The maximum Gasteiger partial charge on any atom is 0.264 e. The van der Waals surface area contributed by atoms with Gasteiger partial charge in [-0.05, 0) is 67.8 Å². The van der Waals surface area contributed by atoms with Gasteiger partial charge in [-0.2, -0.15) is 0 Å². The van der Waals surface area contributed by atoms with Crippen molar-refractivity contribution in [2.45, 2.75) is 51.1 Å². The molecule has 0 aliphatic heterocycles. The monoisotopic (exact) mass is 539 g/mol. The van der Waals surface area contributed by atoms with Crippen LogP contribution in [-0.2, 0) is 26.2 Å². The van der Waals surface area contributed by atoms with Crippen LogP contribution in [0.3, 0.4) is 0 Å². The summed E-state index contributed by atoms with van der Waals surface area (Å²) in [5.41, 5.74) is 1.78. The van der Waals surface area contributed by atoms with Crippen molar-refractivity contribution in [2.24, 2.45) is 0 Å². The van der Waals surface area contributed by atoms with Crippen LogP contribution in [-0.4, -0.2) is 44.3 Å². The number of hydrogen-bond donors (Lipinski definition) is 1. The first-order valence-corrected chi connectivity index (χ1v) is 14.0. The highest BCUT2D eigenvalue weighted by molar-refractivity contribution is 7.92. The Bertz CT molecular complexity index is 1330. The van der Waals surface area contributed by atoms with Gasteiger partial charge in [0.2, 0.25) is 11.8 Å². The molecule has 1 atom stereocenters. The topological polar surface area (TPSA) is 86.8 Å². The summed E-state index contributed by atoms with van der Waals surface area (Å²) >= 11 is 0. The van der Waals surface area contributed by atoms with Gasteiger partial charge in [-0.1, -0.05) is 55.8 Å². The summed E-state index contributed by atoms with van der Waals surface area (Å²) in [6.45, 7) is 5.40. The van der Waals surface area contributed by atoms with Crippen LogP contribution in [0.1, 0.15) is 37.8 Å². The van der Waals surface area contributed by atoms with E-state index in [2.05, 4.69) is 5.32 Å². The zero-order valence-corrected chi connectivity index (χ0v) is 22.7. The highest BCUT2D eigenvalue weighted by atomic mass is 32.2. The Hall–Kier alpha value is -3.72. The molecule has 0 aliphatic rings. The Morgan fingerprint density at radius 2 is 1.66 bits per heavy atom. The van der Waals surface area contributed by atoms with Gasteiger partial charge >= 0.3 is 0 Å². The van der Waals surface area contributed by atoms with Crippen molar-refractivity contribution >= 4 is 27.5 Å². The number of carbonyl (C=O) groups is 2. The number of aryl methyl sites for hydroxylation is 1. The molecule has 3 rings (SSSR count). The number of anilines is 1. The maximum atomic E-state index is 13.8. The first kappa shape index (κ1) is 28.8. The quantitative estimate of drug-likeness (QED) is 0.339. The van der Waals surface area contributed by atoms with E-state index in [1.165, 1.54) is 41.3 Å². The van der Waals surface area contributed by atoms with Crippen LogP contribution in [0.5, 0.6) is 0 Å². The molecule has 1 unspecified atom stereocenters. The number of sulfonamides is 1. The fraction of sp³-hybridized carbons (Fsp3) is 0.310. The number of unbranched alkanes of at least 4 members (excludes halogenated alkanes) is 1. The number of nitrogens with one attached hydrogen (secondary N) is 1. The van der Waals surface area contributed by atoms with Crippen molar-refractivity contribution in [1.82, 2.24) is 10.2 Å². The summed E-state index contributed by atoms with van der Waals surface area (Å²) in [6, 6.07) is 19.5. The average Bonchev–Trinajstić information content (AvgIpc) is 2.91. The smallest absolute Gasteiger partial charge is 0.264 e. The van der Waals surface area contributed by atoms with Gasteiger partial charge in [0.05, 0.1) is 10.6 Å². The Morgan fingerprint density at radius 3 is 2.29 bits per heavy atom. The Kier molecular flexibility index (Phi) is 10.0. The molecule has 3 aromatic carbocycles. The van der Waals surface area contributed by atoms with Gasteiger partial charge in [0.15, 0.2) is 0 Å². The number of hydrogen-bond acceptors (Lipinski definition) is 4. The lowest BCUT2D eigenvalue weighted by Crippen LogP contribution is -2.51. The molecule has 0 heterocycles. The number of carbonyl (C=O) groups excluding carboxylic acids is 2. The van der Waals surface area contributed by atoms with Crippen LogP contribution in [0.2, 0.25) is 0 Å². The molecule has 2 amide bonds. The van der Waals surface area contributed by atoms with Crippen molar-refractivity contribution in [1.29, 1.82) is 0 Å². The third kappa shape index (κ3) is 7.41. The Morgan fingerprint density at radius 1 is 0.974 bits per heavy atom. The molecule has 9 heteroatoms. The molecular weight excluding hydrogens is 505 g/mol. The van der Waals surface area contributed by atoms with Crippen LogP contribution >= 0.6 is 0 Å². The fourth-order valence-electron chi connectivity index (χ4n) is 3.94. The Balaban J connectivity index is 1.98. The first-order valence-electron chi connectivity index (χ1n) is 12.6. The number of halogens is 1. The highest BCUT2D eigenvalue weighted by Gasteiger charge is 2.32. The van der Waals surface area contributed by atoms with Gasteiger partial charge in [-0.25, -0.2) is 12.8 Å². The van der Waals surface area contributed by atoms with Gasteiger partial charge in [0.25, 0.3) is 10.0 Å². The number of amides is 2. The molecule has 0 aliphatic carbocycles. The van der Waals surface area contributed by atoms with Gasteiger partial charge < -0.3 is 10.2 Å². The van der Waals surface area contributed by atoms with E-state index < -0.39 is 34.3 Å². The molecule has 0 saturated heterocycles. The van der Waals surface area contributed by atoms with Crippen LogP contribution in [0.4, 0.5) is 10.1 Å². The summed E-state index contributed by atoms with van der Waals surface area (Å²) in [4.78, 5) is 28.1. The van der Waals surface area contributed by atoms with Crippen LogP contribution in [0, 0.1) is 12.7 Å². The maximum absolute atomic E-state index is 13.8. The van der Waals surface area contributed by atoms with E-state index in [0.29, 0.717) is 17.8 Å². The molecule has 0 aromatic heterocycles. The van der Waals surface area contributed by atoms with Crippen molar-refractivity contribution < 1.29 is 22.4 Å². The molecule has 0 fully saturated rings. The van der Waals surface area contributed by atoms with Crippen LogP contribution in [0.15, 0.2) is 83.8 Å². The highest BCUT2D eigenvalue weighted by Crippen LogP contribution is 2.25.